The lowest BCUT2D eigenvalue weighted by atomic mass is 10.1. The Kier molecular flexibility index (Phi) is 2.80. The first kappa shape index (κ1) is 10.7. The smallest absolute Gasteiger partial charge is 0.181 e. The van der Waals surface area contributed by atoms with Crippen LogP contribution in [0.4, 0.5) is 0 Å². The van der Waals surface area contributed by atoms with Gasteiger partial charge in [-0.05, 0) is 17.7 Å². The molecule has 0 spiro atoms. The van der Waals surface area contributed by atoms with Gasteiger partial charge >= 0.3 is 0 Å². The number of nitrogens with zero attached hydrogens (tertiary/aromatic N) is 2. The number of piperazine rings is 1. The largest absolute Gasteiger partial charge is 0.443 e. The molecule has 1 saturated heterocycles. The summed E-state index contributed by atoms with van der Waals surface area (Å²) in [6.07, 6.45) is 1.40. The van der Waals surface area contributed by atoms with Gasteiger partial charge in [-0.1, -0.05) is 6.07 Å². The van der Waals surface area contributed by atoms with Gasteiger partial charge in [0, 0.05) is 26.2 Å². The Hall–Kier alpha value is -1.43. The molecule has 3 N–H and O–H groups in total. The fourth-order valence-corrected chi connectivity index (χ4v) is 2.23. The summed E-state index contributed by atoms with van der Waals surface area (Å²) in [5.74, 6) is 0. The van der Waals surface area contributed by atoms with Crippen molar-refractivity contribution >= 4 is 11.1 Å². The number of rotatable bonds is 2. The van der Waals surface area contributed by atoms with Crippen molar-refractivity contribution in [3.8, 4) is 0 Å². The van der Waals surface area contributed by atoms with E-state index >= 15 is 0 Å². The molecule has 1 fully saturated rings. The topological polar surface area (TPSA) is 67.3 Å². The molecule has 17 heavy (non-hydrogen) atoms. The minimum atomic E-state index is -0.0633. The molecule has 1 atom stereocenters. The fraction of sp³-hybridized carbons (Fsp3) is 0.417. The zero-order valence-electron chi connectivity index (χ0n) is 9.60. The third kappa shape index (κ3) is 2.04. The van der Waals surface area contributed by atoms with Crippen LogP contribution in [0.5, 0.6) is 0 Å². The first-order valence-corrected chi connectivity index (χ1v) is 5.88. The van der Waals surface area contributed by atoms with Gasteiger partial charge in [-0.2, -0.15) is 0 Å². The molecule has 5 heteroatoms. The summed E-state index contributed by atoms with van der Waals surface area (Å²) < 4.78 is 5.30. The Morgan fingerprint density at radius 2 is 2.18 bits per heavy atom. The monoisotopic (exact) mass is 232 g/mol. The second-order valence-electron chi connectivity index (χ2n) is 4.31. The highest BCUT2D eigenvalue weighted by molar-refractivity contribution is 5.72. The van der Waals surface area contributed by atoms with Gasteiger partial charge < -0.3 is 15.5 Å². The molecule has 1 aliphatic rings. The van der Waals surface area contributed by atoms with Crippen LogP contribution in [0.15, 0.2) is 29.0 Å². The summed E-state index contributed by atoms with van der Waals surface area (Å²) in [4.78, 5) is 6.37. The summed E-state index contributed by atoms with van der Waals surface area (Å²) in [5.41, 5.74) is 9.02. The molecule has 1 aliphatic heterocycles. The molecular weight excluding hydrogens is 216 g/mol. The molecule has 2 aromatic rings. The van der Waals surface area contributed by atoms with Crippen molar-refractivity contribution in [2.45, 2.75) is 6.17 Å². The van der Waals surface area contributed by atoms with Gasteiger partial charge in [0.15, 0.2) is 12.0 Å². The number of hydrogen-bond donors (Lipinski definition) is 2. The molecule has 1 aromatic carbocycles. The first-order valence-electron chi connectivity index (χ1n) is 5.88. The van der Waals surface area contributed by atoms with Crippen LogP contribution in [0, 0.1) is 0 Å². The van der Waals surface area contributed by atoms with Crippen LogP contribution in [0.25, 0.3) is 11.1 Å². The zero-order chi connectivity index (χ0) is 11.7. The van der Waals surface area contributed by atoms with E-state index in [1.165, 1.54) is 6.39 Å². The number of oxazole rings is 1. The van der Waals surface area contributed by atoms with E-state index in [4.69, 9.17) is 10.2 Å². The fourth-order valence-electron chi connectivity index (χ4n) is 2.23. The third-order valence-electron chi connectivity index (χ3n) is 3.24. The molecule has 0 radical (unpaired) electrons. The standard InChI is InChI=1S/C12H16N4O/c13-12(16-5-3-14-4-6-16)9-1-2-10-11(7-9)17-8-15-10/h1-2,7-8,12,14H,3-6,13H2. The molecule has 1 aromatic heterocycles. The van der Waals surface area contributed by atoms with E-state index in [0.29, 0.717) is 0 Å². The number of benzene rings is 1. The molecule has 5 nitrogen and oxygen atoms in total. The molecule has 0 bridgehead atoms. The van der Waals surface area contributed by atoms with E-state index in [2.05, 4.69) is 15.2 Å². The van der Waals surface area contributed by atoms with Gasteiger partial charge in [-0.3, -0.25) is 4.90 Å². The lowest BCUT2D eigenvalue weighted by molar-refractivity contribution is 0.177. The molecule has 0 aliphatic carbocycles. The Morgan fingerprint density at radius 3 is 3.00 bits per heavy atom. The van der Waals surface area contributed by atoms with Crippen LogP contribution in [0.2, 0.25) is 0 Å². The average molecular weight is 232 g/mol. The van der Waals surface area contributed by atoms with Crippen LogP contribution in [-0.4, -0.2) is 36.1 Å². The Morgan fingerprint density at radius 1 is 1.35 bits per heavy atom. The van der Waals surface area contributed by atoms with Crippen LogP contribution < -0.4 is 11.1 Å². The SMILES string of the molecule is NC(c1ccc2ncoc2c1)N1CCNCC1. The van der Waals surface area contributed by atoms with Crippen molar-refractivity contribution in [1.29, 1.82) is 0 Å². The van der Waals surface area contributed by atoms with E-state index < -0.39 is 0 Å². The summed E-state index contributed by atoms with van der Waals surface area (Å²) in [6.45, 7) is 3.96. The van der Waals surface area contributed by atoms with Crippen molar-refractivity contribution < 1.29 is 4.42 Å². The van der Waals surface area contributed by atoms with Gasteiger partial charge in [0.1, 0.15) is 5.52 Å². The van der Waals surface area contributed by atoms with E-state index in [1.54, 1.807) is 0 Å². The highest BCUT2D eigenvalue weighted by atomic mass is 16.3. The summed E-state index contributed by atoms with van der Waals surface area (Å²) >= 11 is 0. The Labute approximate surface area is 99.6 Å². The first-order chi connectivity index (χ1) is 8.34. The van der Waals surface area contributed by atoms with Gasteiger partial charge in [0.2, 0.25) is 0 Å². The lowest BCUT2D eigenvalue weighted by Gasteiger charge is -2.32. The number of nitrogens with two attached hydrogens (primary N) is 1. The molecule has 90 valence electrons. The number of nitrogens with one attached hydrogen (secondary N) is 1. The van der Waals surface area contributed by atoms with E-state index in [1.807, 2.05) is 18.2 Å². The quantitative estimate of drug-likeness (QED) is 0.797. The Bertz CT molecular complexity index is 504. The predicted octanol–water partition coefficient (Wildman–Crippen LogP) is 0.690. The second-order valence-corrected chi connectivity index (χ2v) is 4.31. The van der Waals surface area contributed by atoms with E-state index in [0.717, 1.165) is 42.8 Å². The highest BCUT2D eigenvalue weighted by Gasteiger charge is 2.18. The number of hydrogen-bond acceptors (Lipinski definition) is 5. The third-order valence-corrected chi connectivity index (χ3v) is 3.24. The summed E-state index contributed by atoms with van der Waals surface area (Å²) in [7, 11) is 0. The van der Waals surface area contributed by atoms with E-state index in [-0.39, 0.29) is 6.17 Å². The minimum absolute atomic E-state index is 0.0633. The minimum Gasteiger partial charge on any atom is -0.443 e. The van der Waals surface area contributed by atoms with Crippen molar-refractivity contribution in [1.82, 2.24) is 15.2 Å². The lowest BCUT2D eigenvalue weighted by Crippen LogP contribution is -2.47. The molecule has 3 rings (SSSR count). The summed E-state index contributed by atoms with van der Waals surface area (Å²) in [5, 5.41) is 3.32. The van der Waals surface area contributed by atoms with Gasteiger partial charge in [-0.25, -0.2) is 4.98 Å². The van der Waals surface area contributed by atoms with E-state index in [9.17, 15) is 0 Å². The normalized spacial score (nSPS) is 19.6. The van der Waals surface area contributed by atoms with Crippen LogP contribution >= 0.6 is 0 Å². The molecule has 0 amide bonds. The van der Waals surface area contributed by atoms with Gasteiger partial charge in [0.25, 0.3) is 0 Å². The molecule has 2 heterocycles. The Balaban J connectivity index is 1.86. The second kappa shape index (κ2) is 4.44. The maximum Gasteiger partial charge on any atom is 0.181 e. The maximum absolute atomic E-state index is 6.27. The average Bonchev–Trinajstić information content (AvgIpc) is 2.86. The number of fused-ring (bicyclic) bond motifs is 1. The molecule has 1 unspecified atom stereocenters. The molecular formula is C12H16N4O. The number of aromatic nitrogens is 1. The molecule has 0 saturated carbocycles. The van der Waals surface area contributed by atoms with Crippen molar-refractivity contribution in [2.24, 2.45) is 5.73 Å². The van der Waals surface area contributed by atoms with Crippen molar-refractivity contribution in [3.63, 3.8) is 0 Å². The van der Waals surface area contributed by atoms with Crippen LogP contribution in [-0.2, 0) is 0 Å². The van der Waals surface area contributed by atoms with Gasteiger partial charge in [-0.15, -0.1) is 0 Å². The maximum atomic E-state index is 6.27. The van der Waals surface area contributed by atoms with Crippen molar-refractivity contribution in [3.05, 3.63) is 30.2 Å². The van der Waals surface area contributed by atoms with Crippen molar-refractivity contribution in [2.75, 3.05) is 26.2 Å². The van der Waals surface area contributed by atoms with Gasteiger partial charge in [0.05, 0.1) is 6.17 Å². The highest BCUT2D eigenvalue weighted by Crippen LogP contribution is 2.20. The summed E-state index contributed by atoms with van der Waals surface area (Å²) in [6, 6.07) is 5.96. The zero-order valence-corrected chi connectivity index (χ0v) is 9.60. The predicted molar refractivity (Wildman–Crippen MR) is 65.4 cm³/mol. The van der Waals surface area contributed by atoms with Crippen LogP contribution in [0.1, 0.15) is 11.7 Å². The van der Waals surface area contributed by atoms with Crippen LogP contribution in [0.3, 0.4) is 0 Å².